The summed E-state index contributed by atoms with van der Waals surface area (Å²) in [5, 5.41) is 3.38. The Morgan fingerprint density at radius 2 is 2.33 bits per heavy atom. The van der Waals surface area contributed by atoms with E-state index < -0.39 is 0 Å². The molecule has 0 atom stereocenters. The van der Waals surface area contributed by atoms with E-state index in [9.17, 15) is 0 Å². The van der Waals surface area contributed by atoms with Gasteiger partial charge in [0.05, 0.1) is 24.1 Å². The fourth-order valence-electron chi connectivity index (χ4n) is 2.33. The van der Waals surface area contributed by atoms with Gasteiger partial charge in [-0.3, -0.25) is 4.98 Å². The monoisotopic (exact) mass is 249 g/mol. The van der Waals surface area contributed by atoms with E-state index in [-0.39, 0.29) is 5.60 Å². The van der Waals surface area contributed by atoms with Crippen molar-refractivity contribution in [2.75, 3.05) is 31.1 Å². The molecule has 18 heavy (non-hydrogen) atoms. The van der Waals surface area contributed by atoms with Crippen LogP contribution in [0.15, 0.2) is 18.5 Å². The lowest BCUT2D eigenvalue weighted by Gasteiger charge is -2.40. The highest BCUT2D eigenvalue weighted by Crippen LogP contribution is 2.25. The first-order valence-electron chi connectivity index (χ1n) is 6.65. The average molecular weight is 249 g/mol. The zero-order valence-corrected chi connectivity index (χ0v) is 11.6. The molecule has 2 heterocycles. The number of ether oxygens (including phenoxy) is 1. The lowest BCUT2D eigenvalue weighted by Crippen LogP contribution is -2.48. The predicted octanol–water partition coefficient (Wildman–Crippen LogP) is 1.81. The Bertz CT molecular complexity index is 392. The summed E-state index contributed by atoms with van der Waals surface area (Å²) in [7, 11) is 0. The van der Waals surface area contributed by atoms with Crippen molar-refractivity contribution in [2.45, 2.75) is 32.9 Å². The Kier molecular flexibility index (Phi) is 4.19. The SMILES string of the molecule is CCNCc1ccncc1N1CCOC(C)(C)C1. The van der Waals surface area contributed by atoms with Crippen LogP contribution in [-0.2, 0) is 11.3 Å². The van der Waals surface area contributed by atoms with Gasteiger partial charge in [-0.15, -0.1) is 0 Å². The van der Waals surface area contributed by atoms with Crippen molar-refractivity contribution in [3.05, 3.63) is 24.0 Å². The van der Waals surface area contributed by atoms with Crippen LogP contribution < -0.4 is 10.2 Å². The lowest BCUT2D eigenvalue weighted by atomic mass is 10.1. The molecule has 1 aromatic heterocycles. The molecule has 0 saturated carbocycles. The molecule has 4 nitrogen and oxygen atoms in total. The number of morpholine rings is 1. The van der Waals surface area contributed by atoms with E-state index in [4.69, 9.17) is 4.74 Å². The number of rotatable bonds is 4. The van der Waals surface area contributed by atoms with Gasteiger partial charge in [0.15, 0.2) is 0 Å². The number of hydrogen-bond donors (Lipinski definition) is 1. The van der Waals surface area contributed by atoms with E-state index in [2.05, 4.69) is 42.0 Å². The smallest absolute Gasteiger partial charge is 0.0801 e. The van der Waals surface area contributed by atoms with E-state index >= 15 is 0 Å². The van der Waals surface area contributed by atoms with Gasteiger partial charge in [0.25, 0.3) is 0 Å². The third kappa shape index (κ3) is 3.21. The molecule has 0 spiro atoms. The third-order valence-electron chi connectivity index (χ3n) is 3.22. The molecule has 2 rings (SSSR count). The summed E-state index contributed by atoms with van der Waals surface area (Å²) in [5.74, 6) is 0. The minimum absolute atomic E-state index is 0.0798. The first-order chi connectivity index (χ1) is 8.62. The molecule has 1 fully saturated rings. The Morgan fingerprint density at radius 1 is 1.50 bits per heavy atom. The van der Waals surface area contributed by atoms with Crippen LogP contribution in [0.2, 0.25) is 0 Å². The highest BCUT2D eigenvalue weighted by Gasteiger charge is 2.28. The first-order valence-corrected chi connectivity index (χ1v) is 6.65. The van der Waals surface area contributed by atoms with Gasteiger partial charge in [-0.25, -0.2) is 0 Å². The molecule has 0 radical (unpaired) electrons. The van der Waals surface area contributed by atoms with E-state index in [1.807, 2.05) is 12.4 Å². The molecular formula is C14H23N3O. The zero-order valence-electron chi connectivity index (χ0n) is 11.6. The maximum Gasteiger partial charge on any atom is 0.0801 e. The van der Waals surface area contributed by atoms with E-state index in [1.165, 1.54) is 11.3 Å². The number of anilines is 1. The Morgan fingerprint density at radius 3 is 3.06 bits per heavy atom. The van der Waals surface area contributed by atoms with Crippen molar-refractivity contribution in [1.29, 1.82) is 0 Å². The molecule has 1 N–H and O–H groups in total. The largest absolute Gasteiger partial charge is 0.372 e. The second-order valence-corrected chi connectivity index (χ2v) is 5.31. The lowest BCUT2D eigenvalue weighted by molar-refractivity contribution is -0.0277. The van der Waals surface area contributed by atoms with E-state index in [0.29, 0.717) is 0 Å². The summed E-state index contributed by atoms with van der Waals surface area (Å²) in [4.78, 5) is 6.64. The summed E-state index contributed by atoms with van der Waals surface area (Å²) >= 11 is 0. The summed E-state index contributed by atoms with van der Waals surface area (Å²) in [6, 6.07) is 2.10. The molecule has 0 bridgehead atoms. The number of aromatic nitrogens is 1. The molecule has 0 amide bonds. The average Bonchev–Trinajstić information content (AvgIpc) is 2.35. The van der Waals surface area contributed by atoms with Crippen LogP contribution in [-0.4, -0.2) is 36.8 Å². The van der Waals surface area contributed by atoms with Crippen LogP contribution in [0, 0.1) is 0 Å². The number of hydrogen-bond acceptors (Lipinski definition) is 4. The fourth-order valence-corrected chi connectivity index (χ4v) is 2.33. The number of nitrogens with zero attached hydrogens (tertiary/aromatic N) is 2. The number of pyridine rings is 1. The van der Waals surface area contributed by atoms with E-state index in [1.54, 1.807) is 0 Å². The van der Waals surface area contributed by atoms with Crippen molar-refractivity contribution >= 4 is 5.69 Å². The van der Waals surface area contributed by atoms with Crippen LogP contribution in [0.25, 0.3) is 0 Å². The van der Waals surface area contributed by atoms with Crippen molar-refractivity contribution in [2.24, 2.45) is 0 Å². The molecule has 0 aliphatic carbocycles. The maximum absolute atomic E-state index is 5.76. The third-order valence-corrected chi connectivity index (χ3v) is 3.22. The topological polar surface area (TPSA) is 37.4 Å². The first kappa shape index (κ1) is 13.3. The molecule has 100 valence electrons. The summed E-state index contributed by atoms with van der Waals surface area (Å²) in [6.07, 6.45) is 3.83. The van der Waals surface area contributed by atoms with Gasteiger partial charge in [0.1, 0.15) is 0 Å². The van der Waals surface area contributed by atoms with Gasteiger partial charge < -0.3 is 15.0 Å². The van der Waals surface area contributed by atoms with Gasteiger partial charge in [0.2, 0.25) is 0 Å². The number of nitrogens with one attached hydrogen (secondary N) is 1. The molecule has 4 heteroatoms. The van der Waals surface area contributed by atoms with Gasteiger partial charge in [-0.05, 0) is 32.0 Å². The second-order valence-electron chi connectivity index (χ2n) is 5.31. The van der Waals surface area contributed by atoms with E-state index in [0.717, 1.165) is 32.8 Å². The van der Waals surface area contributed by atoms with Gasteiger partial charge >= 0.3 is 0 Å². The van der Waals surface area contributed by atoms with Crippen LogP contribution in [0.3, 0.4) is 0 Å². The molecule has 0 unspecified atom stereocenters. The molecule has 0 aromatic carbocycles. The Hall–Kier alpha value is -1.13. The van der Waals surface area contributed by atoms with Crippen molar-refractivity contribution in [3.8, 4) is 0 Å². The van der Waals surface area contributed by atoms with Crippen molar-refractivity contribution in [3.63, 3.8) is 0 Å². The van der Waals surface area contributed by atoms with Crippen LogP contribution >= 0.6 is 0 Å². The molecule has 1 saturated heterocycles. The highest BCUT2D eigenvalue weighted by atomic mass is 16.5. The zero-order chi connectivity index (χ0) is 13.0. The minimum Gasteiger partial charge on any atom is -0.372 e. The Balaban J connectivity index is 2.16. The normalized spacial score (nSPS) is 18.9. The highest BCUT2D eigenvalue weighted by molar-refractivity contribution is 5.52. The second kappa shape index (κ2) is 5.67. The molecular weight excluding hydrogens is 226 g/mol. The maximum atomic E-state index is 5.76. The Labute approximate surface area is 109 Å². The van der Waals surface area contributed by atoms with Gasteiger partial charge in [0, 0.05) is 25.8 Å². The summed E-state index contributed by atoms with van der Waals surface area (Å²) in [6.45, 7) is 10.9. The van der Waals surface area contributed by atoms with Crippen molar-refractivity contribution in [1.82, 2.24) is 10.3 Å². The standard InChI is InChI=1S/C14H23N3O/c1-4-15-9-12-5-6-16-10-13(12)17-7-8-18-14(2,3)11-17/h5-6,10,15H,4,7-9,11H2,1-3H3. The van der Waals surface area contributed by atoms with Gasteiger partial charge in [-0.1, -0.05) is 6.92 Å². The quantitative estimate of drug-likeness (QED) is 0.883. The van der Waals surface area contributed by atoms with Gasteiger partial charge in [-0.2, -0.15) is 0 Å². The minimum atomic E-state index is -0.0798. The predicted molar refractivity (Wildman–Crippen MR) is 73.9 cm³/mol. The molecule has 1 aromatic rings. The summed E-state index contributed by atoms with van der Waals surface area (Å²) < 4.78 is 5.76. The van der Waals surface area contributed by atoms with Crippen molar-refractivity contribution < 1.29 is 4.74 Å². The van der Waals surface area contributed by atoms with Crippen LogP contribution in [0.5, 0.6) is 0 Å². The fraction of sp³-hybridized carbons (Fsp3) is 0.643. The molecule has 1 aliphatic rings. The van der Waals surface area contributed by atoms with Crippen LogP contribution in [0.4, 0.5) is 5.69 Å². The molecule has 1 aliphatic heterocycles. The summed E-state index contributed by atoms with van der Waals surface area (Å²) in [5.41, 5.74) is 2.46. The van der Waals surface area contributed by atoms with Crippen LogP contribution in [0.1, 0.15) is 26.3 Å².